The number of likely N-dealkylation sites (N-methyl/N-ethyl adjacent to an activating group) is 1. The van der Waals surface area contributed by atoms with E-state index in [2.05, 4.69) is 16.0 Å². The molecular formula is C92H127N3O37. The van der Waals surface area contributed by atoms with E-state index in [1.807, 2.05) is 0 Å². The van der Waals surface area contributed by atoms with Crippen LogP contribution in [0.2, 0.25) is 0 Å². The largest absolute Gasteiger partial charge is 0.481 e. The molecule has 0 radical (unpaired) electrons. The zero-order valence-electron chi connectivity index (χ0n) is 76.1. The maximum Gasteiger partial charge on any atom is 0.350 e. The molecule has 3 aromatic carbocycles. The molecule has 132 heavy (non-hydrogen) atoms. The number of fused-ring (bicyclic) bond motifs is 5. The monoisotopic (exact) mass is 1870 g/mol. The van der Waals surface area contributed by atoms with Gasteiger partial charge in [-0.2, -0.15) is 0 Å². The Morgan fingerprint density at radius 1 is 0.508 bits per heavy atom. The molecule has 2 bridgehead atoms. The van der Waals surface area contributed by atoms with E-state index < -0.39 is 179 Å². The lowest BCUT2D eigenvalue weighted by molar-refractivity contribution is -0.346. The average Bonchev–Trinajstić information content (AvgIpc) is 0.667. The third-order valence-electron chi connectivity index (χ3n) is 22.7. The number of carbonyl (C=O) groups excluding carboxylic acids is 13. The number of nitrogens with one attached hydrogen (secondary N) is 3. The van der Waals surface area contributed by atoms with E-state index in [1.54, 1.807) is 66.7 Å². The van der Waals surface area contributed by atoms with Gasteiger partial charge in [-0.1, -0.05) is 80.6 Å². The molecule has 40 nitrogen and oxygen atoms in total. The van der Waals surface area contributed by atoms with Crippen molar-refractivity contribution in [2.45, 2.75) is 179 Å². The van der Waals surface area contributed by atoms with Crippen molar-refractivity contribution < 1.29 is 177 Å². The lowest BCUT2D eigenvalue weighted by Crippen LogP contribution is -2.82. The Morgan fingerprint density at radius 3 is 1.40 bits per heavy atom. The quantitative estimate of drug-likeness (QED) is 0.0204. The van der Waals surface area contributed by atoms with Crippen molar-refractivity contribution in [1.82, 2.24) is 16.0 Å². The van der Waals surface area contributed by atoms with Crippen molar-refractivity contribution in [3.63, 3.8) is 0 Å². The maximum atomic E-state index is 16.0. The summed E-state index contributed by atoms with van der Waals surface area (Å²) in [6, 6.07) is 19.9. The third-order valence-corrected chi connectivity index (χ3v) is 22.7. The van der Waals surface area contributed by atoms with Crippen LogP contribution in [0.25, 0.3) is 0 Å². The second-order valence-electron chi connectivity index (χ2n) is 32.2. The molecule has 13 atom stereocenters. The first-order valence-electron chi connectivity index (χ1n) is 44.1. The molecule has 1 saturated heterocycles. The smallest absolute Gasteiger partial charge is 0.350 e. The third kappa shape index (κ3) is 33.9. The molecule has 0 spiro atoms. The average molecular weight is 1870 g/mol. The molecule has 3 aromatic rings. The van der Waals surface area contributed by atoms with Crippen LogP contribution in [0.1, 0.15) is 145 Å². The van der Waals surface area contributed by atoms with Gasteiger partial charge in [-0.15, -0.1) is 0 Å². The van der Waals surface area contributed by atoms with Gasteiger partial charge in [0, 0.05) is 63.4 Å². The highest BCUT2D eigenvalue weighted by Gasteiger charge is 2.78. The Hall–Kier alpha value is -10.0. The molecule has 4 aliphatic rings. The highest BCUT2D eigenvalue weighted by Crippen LogP contribution is 2.64. The molecule has 2 saturated carbocycles. The normalized spacial score (nSPS) is 21.4. The first-order valence-corrected chi connectivity index (χ1v) is 44.1. The van der Waals surface area contributed by atoms with E-state index in [0.29, 0.717) is 39.6 Å². The Morgan fingerprint density at radius 2 is 0.955 bits per heavy atom. The van der Waals surface area contributed by atoms with Crippen LogP contribution in [0.3, 0.4) is 0 Å². The lowest BCUT2D eigenvalue weighted by Gasteiger charge is -2.67. The summed E-state index contributed by atoms with van der Waals surface area (Å²) in [4.78, 5) is 187. The molecule has 1 aliphatic heterocycles. The summed E-state index contributed by atoms with van der Waals surface area (Å²) in [6.07, 6.45) is -13.0. The molecule has 1 heterocycles. The number of amides is 1. The van der Waals surface area contributed by atoms with E-state index in [1.165, 1.54) is 65.9 Å². The van der Waals surface area contributed by atoms with E-state index in [9.17, 15) is 72.9 Å². The van der Waals surface area contributed by atoms with Gasteiger partial charge in [0.2, 0.25) is 6.10 Å². The van der Waals surface area contributed by atoms with Crippen LogP contribution in [-0.2, 0) is 152 Å². The zero-order valence-corrected chi connectivity index (χ0v) is 76.1. The number of carboxylic acids is 1. The fourth-order valence-electron chi connectivity index (χ4n) is 15.7. The van der Waals surface area contributed by atoms with Gasteiger partial charge in [0.15, 0.2) is 17.5 Å². The van der Waals surface area contributed by atoms with E-state index in [-0.39, 0.29) is 210 Å². The highest BCUT2D eigenvalue weighted by molar-refractivity contribution is 5.97. The summed E-state index contributed by atoms with van der Waals surface area (Å²) in [5.74, 6) is -12.8. The molecule has 3 fully saturated rings. The predicted molar refractivity (Wildman–Crippen MR) is 458 cm³/mol. The molecule has 7 rings (SSSR count). The number of hydrogen-bond donors (Lipinski definition) is 6. The molecule has 6 N–H and O–H groups in total. The number of ether oxygens (including phenoxy) is 20. The van der Waals surface area contributed by atoms with Gasteiger partial charge in [0.05, 0.1) is 181 Å². The summed E-state index contributed by atoms with van der Waals surface area (Å²) in [5.41, 5.74) is -8.09. The second-order valence-corrected chi connectivity index (χ2v) is 32.2. The van der Waals surface area contributed by atoms with Crippen LogP contribution < -0.4 is 16.0 Å². The fourth-order valence-corrected chi connectivity index (χ4v) is 15.7. The predicted octanol–water partition coefficient (Wildman–Crippen LogP) is 3.54. The summed E-state index contributed by atoms with van der Waals surface area (Å²) >= 11 is 0. The Bertz CT molecular complexity index is 4230. The Kier molecular flexibility index (Phi) is 47.0. The molecule has 732 valence electrons. The highest BCUT2D eigenvalue weighted by atomic mass is 16.7. The number of Topliss-reactive ketones (excluding diaryl/α,β-unsaturated/α-hetero) is 3. The molecule has 1 amide bonds. The summed E-state index contributed by atoms with van der Waals surface area (Å²) in [7, 11) is 1.46. The van der Waals surface area contributed by atoms with Gasteiger partial charge in [0.1, 0.15) is 80.0 Å². The number of hydrogen-bond acceptors (Lipinski definition) is 38. The van der Waals surface area contributed by atoms with Gasteiger partial charge in [-0.05, 0) is 81.6 Å². The zero-order chi connectivity index (χ0) is 96.1. The topological polar surface area (TPSA) is 520 Å². The number of aliphatic carboxylic acids is 1. The number of aliphatic hydroxyl groups is 2. The Labute approximate surface area is 765 Å². The van der Waals surface area contributed by atoms with Gasteiger partial charge in [0.25, 0.3) is 5.91 Å². The number of aliphatic hydroxyl groups excluding tert-OH is 1. The van der Waals surface area contributed by atoms with Gasteiger partial charge >= 0.3 is 59.7 Å². The number of carboxylic acid groups (broad SMARTS) is 1. The molecule has 3 aliphatic carbocycles. The first-order chi connectivity index (χ1) is 63.3. The molecular weight excluding hydrogens is 1740 g/mol. The minimum absolute atomic E-state index is 0.00157. The standard InChI is InChI=1S/C92H127N3O37/c1-60(96)24-29-74(103)123-52-48-119-44-40-115-36-32-114-35-39-118-43-47-122-51-55-126-87(110)69(26-28-73(101)102)94-58-67(99)25-30-75(104)124-53-49-120-45-41-116-37-33-113-34-38-117-42-46-121-50-54-125-86(109)68(93-8)27-31-76(105)130-80(78(64-18-12-9-13-19-64)95-84(107)65-20-14-10-15-21-65)88(111)129-70-57-92(112)83(131-85(108)66-22-16-11-17-23-66)81-90(7,71(100)56-72-91(81,59-127-72)132-63(4)98)82(106)79(128-62(3)97)77(61(70)2)89(92,5)6/h9-23,68-72,78-81,83,93-94,100,112H,24-59H2,1-8H3,(H,95,107)(H,101,102)/t68?,69?,70-,71-,72+,78-,79+,80+,81-,83-,90+,91-,92+/m0/s1. The van der Waals surface area contributed by atoms with Crippen molar-refractivity contribution in [2.75, 3.05) is 179 Å². The summed E-state index contributed by atoms with van der Waals surface area (Å²) < 4.78 is 113. The van der Waals surface area contributed by atoms with Crippen molar-refractivity contribution in [3.8, 4) is 0 Å². The molecule has 40 heteroatoms. The first kappa shape index (κ1) is 109. The Balaban J connectivity index is 0.780. The van der Waals surface area contributed by atoms with Crippen LogP contribution in [0, 0.1) is 16.7 Å². The van der Waals surface area contributed by atoms with Crippen molar-refractivity contribution >= 4 is 82.9 Å². The van der Waals surface area contributed by atoms with Crippen LogP contribution >= 0.6 is 0 Å². The number of benzene rings is 3. The van der Waals surface area contributed by atoms with Crippen LogP contribution in [0.4, 0.5) is 0 Å². The maximum absolute atomic E-state index is 16.0. The van der Waals surface area contributed by atoms with Crippen LogP contribution in [0.5, 0.6) is 0 Å². The van der Waals surface area contributed by atoms with E-state index in [0.717, 1.165) is 13.8 Å². The van der Waals surface area contributed by atoms with Crippen LogP contribution in [0.15, 0.2) is 102 Å². The minimum Gasteiger partial charge on any atom is -0.481 e. The number of carbonyl (C=O) groups is 14. The number of ketones is 3. The van der Waals surface area contributed by atoms with E-state index >= 15 is 9.59 Å². The van der Waals surface area contributed by atoms with Gasteiger partial charge in [-0.3, -0.25) is 58.1 Å². The van der Waals surface area contributed by atoms with Crippen molar-refractivity contribution in [1.29, 1.82) is 0 Å². The SMILES string of the molecule is CNC(CCC(=O)O[C@@H](C(=O)O[C@H]1C[C@@]2(O)[C@@H](OC(=O)c3ccccc3)[C@@H]3[C@]4(OC(C)=O)CO[C@@H]4C[C@H](O)[C@@]3(C)C(=O)[C@H](OC(C)=O)C(=C1C)C2(C)C)[C@@H](NC(=O)c1ccccc1)c1ccccc1)C(=O)OCCOCCOCCOCCOCCOCCOC(=O)CCC(=O)CNC(CCC(=O)O)C(=O)OCCOCCOCCOCCOCCOCCOC(=O)CCC(C)=O. The summed E-state index contributed by atoms with van der Waals surface area (Å²) in [5, 5.41) is 44.1. The minimum atomic E-state index is -2.56. The van der Waals surface area contributed by atoms with Crippen molar-refractivity contribution in [3.05, 3.63) is 119 Å². The summed E-state index contributed by atoms with van der Waals surface area (Å²) in [6.45, 7) is 12.6. The van der Waals surface area contributed by atoms with Crippen LogP contribution in [-0.4, -0.2) is 337 Å². The van der Waals surface area contributed by atoms with Gasteiger partial charge < -0.3 is 125 Å². The second kappa shape index (κ2) is 56.9. The lowest BCUT2D eigenvalue weighted by atomic mass is 9.44. The fraction of sp³-hybridized carbons (Fsp3) is 0.630. The molecule has 2 unspecified atom stereocenters. The van der Waals surface area contributed by atoms with E-state index in [4.69, 9.17) is 94.7 Å². The van der Waals surface area contributed by atoms with Crippen molar-refractivity contribution in [2.24, 2.45) is 16.7 Å². The number of esters is 9. The number of rotatable bonds is 65. The molecule has 0 aromatic heterocycles. The van der Waals surface area contributed by atoms with Gasteiger partial charge in [-0.25, -0.2) is 9.59 Å².